The summed E-state index contributed by atoms with van der Waals surface area (Å²) in [7, 11) is 1.67. The molecule has 1 heterocycles. The lowest BCUT2D eigenvalue weighted by Gasteiger charge is -2.04. The molecule has 0 atom stereocenters. The minimum Gasteiger partial charge on any atom is -0.385 e. The van der Waals surface area contributed by atoms with E-state index in [9.17, 15) is 4.79 Å². The summed E-state index contributed by atoms with van der Waals surface area (Å²) in [6, 6.07) is 7.53. The van der Waals surface area contributed by atoms with Crippen LogP contribution in [0, 0.1) is 0 Å². The maximum Gasteiger partial charge on any atom is 0.294 e. The van der Waals surface area contributed by atoms with Gasteiger partial charge in [-0.25, -0.2) is 4.99 Å². The largest absolute Gasteiger partial charge is 0.385 e. The van der Waals surface area contributed by atoms with Crippen molar-refractivity contribution in [2.24, 2.45) is 4.99 Å². The van der Waals surface area contributed by atoms with Crippen LogP contribution in [0.5, 0.6) is 0 Å². The van der Waals surface area contributed by atoms with Crippen LogP contribution >= 0.6 is 0 Å². The van der Waals surface area contributed by atoms with Crippen molar-refractivity contribution < 1.29 is 9.53 Å². The summed E-state index contributed by atoms with van der Waals surface area (Å²) in [6.45, 7) is 1.41. The van der Waals surface area contributed by atoms with Gasteiger partial charge in [-0.2, -0.15) is 0 Å². The van der Waals surface area contributed by atoms with Crippen molar-refractivity contribution >= 4 is 11.6 Å². The van der Waals surface area contributed by atoms with Crippen molar-refractivity contribution in [1.29, 1.82) is 0 Å². The number of amides is 1. The van der Waals surface area contributed by atoms with E-state index in [1.54, 1.807) is 7.11 Å². The summed E-state index contributed by atoms with van der Waals surface area (Å²) in [5.74, 6) is -0.182. The number of fused-ring (bicyclic) bond motifs is 1. The Bertz CT molecular complexity index is 508. The first kappa shape index (κ1) is 10.8. The van der Waals surface area contributed by atoms with E-state index < -0.39 is 0 Å². The van der Waals surface area contributed by atoms with E-state index in [-0.39, 0.29) is 5.91 Å². The van der Waals surface area contributed by atoms with Gasteiger partial charge < -0.3 is 10.1 Å². The number of nitrogens with zero attached hydrogens (tertiary/aromatic N) is 1. The van der Waals surface area contributed by atoms with Gasteiger partial charge in [0.05, 0.1) is 5.36 Å². The lowest BCUT2D eigenvalue weighted by Crippen LogP contribution is -2.29. The highest BCUT2D eigenvalue weighted by Gasteiger charge is 2.14. The molecule has 0 aromatic heterocycles. The quantitative estimate of drug-likeness (QED) is 0.683. The van der Waals surface area contributed by atoms with Crippen molar-refractivity contribution in [2.75, 3.05) is 20.3 Å². The van der Waals surface area contributed by atoms with Crippen molar-refractivity contribution in [1.82, 2.24) is 5.32 Å². The Hall–Kier alpha value is -1.68. The summed E-state index contributed by atoms with van der Waals surface area (Å²) in [5.41, 5.74) is 0.603. The van der Waals surface area contributed by atoms with Crippen LogP contribution in [0.15, 0.2) is 29.3 Å². The smallest absolute Gasteiger partial charge is 0.294 e. The molecular weight excluding hydrogens is 204 g/mol. The average Bonchev–Trinajstić information content (AvgIpc) is 2.61. The molecule has 1 aliphatic rings. The van der Waals surface area contributed by atoms with Gasteiger partial charge in [0.1, 0.15) is 5.70 Å². The number of carbonyl (C=O) groups excluding carboxylic acids is 1. The first-order valence-electron chi connectivity index (χ1n) is 5.28. The molecule has 0 bridgehead atoms. The molecule has 1 aliphatic heterocycles. The Balaban J connectivity index is 2.16. The maximum absolute atomic E-state index is 11.6. The monoisotopic (exact) mass is 218 g/mol. The van der Waals surface area contributed by atoms with Gasteiger partial charge in [-0.1, -0.05) is 18.2 Å². The number of benzene rings is 1. The molecular formula is C12H14N2O2. The minimum atomic E-state index is -0.182. The van der Waals surface area contributed by atoms with Gasteiger partial charge >= 0.3 is 0 Å². The fourth-order valence-corrected chi connectivity index (χ4v) is 1.66. The lowest BCUT2D eigenvalue weighted by atomic mass is 10.2. The van der Waals surface area contributed by atoms with E-state index in [4.69, 9.17) is 4.74 Å². The van der Waals surface area contributed by atoms with Gasteiger partial charge in [-0.3, -0.25) is 4.79 Å². The van der Waals surface area contributed by atoms with Crippen LogP contribution in [0.25, 0.3) is 5.70 Å². The molecule has 84 valence electrons. The van der Waals surface area contributed by atoms with Crippen LogP contribution < -0.4 is 15.9 Å². The second-order valence-corrected chi connectivity index (χ2v) is 3.58. The first-order chi connectivity index (χ1) is 7.83. The number of rotatable bonds is 5. The number of hydrogen-bond donors (Lipinski definition) is 1. The molecule has 0 spiro atoms. The molecule has 0 aliphatic carbocycles. The van der Waals surface area contributed by atoms with Crippen molar-refractivity contribution in [3.63, 3.8) is 0 Å². The number of methoxy groups -OCH3 is 1. The van der Waals surface area contributed by atoms with E-state index in [0.717, 1.165) is 23.5 Å². The fraction of sp³-hybridized carbons (Fsp3) is 0.333. The molecule has 0 fully saturated rings. The number of carbonyl (C=O) groups is 1. The zero-order valence-corrected chi connectivity index (χ0v) is 9.19. The molecule has 2 rings (SSSR count). The third-order valence-corrected chi connectivity index (χ3v) is 2.44. The van der Waals surface area contributed by atoms with E-state index >= 15 is 0 Å². The molecule has 1 amide bonds. The Morgan fingerprint density at radius 2 is 2.19 bits per heavy atom. The molecule has 0 radical (unpaired) electrons. The zero-order valence-electron chi connectivity index (χ0n) is 9.19. The second-order valence-electron chi connectivity index (χ2n) is 3.58. The summed E-state index contributed by atoms with van der Waals surface area (Å²) < 4.78 is 4.95. The van der Waals surface area contributed by atoms with Gasteiger partial charge in [0.2, 0.25) is 0 Å². The standard InChI is InChI=1S/C12H14N2O2/c1-16-8-4-7-13-11-9-5-2-3-6-10(9)14-12(11)15/h2-3,5-6H,4,7-8H2,1H3,(H,13,14,15). The molecule has 4 nitrogen and oxygen atoms in total. The molecule has 1 N–H and O–H groups in total. The van der Waals surface area contributed by atoms with Gasteiger partial charge in [0.25, 0.3) is 5.91 Å². The van der Waals surface area contributed by atoms with Crippen molar-refractivity contribution in [3.05, 3.63) is 34.8 Å². The summed E-state index contributed by atoms with van der Waals surface area (Å²) >= 11 is 0. The van der Waals surface area contributed by atoms with Crippen molar-refractivity contribution in [2.45, 2.75) is 6.42 Å². The summed E-state index contributed by atoms with van der Waals surface area (Å²) in [5, 5.41) is 4.76. The molecule has 0 saturated heterocycles. The second kappa shape index (κ2) is 4.90. The number of para-hydroxylation sites is 1. The van der Waals surface area contributed by atoms with Crippen LogP contribution in [-0.2, 0) is 9.53 Å². The van der Waals surface area contributed by atoms with E-state index in [1.807, 2.05) is 24.3 Å². The van der Waals surface area contributed by atoms with Gasteiger partial charge in [-0.05, 0) is 12.5 Å². The fourth-order valence-electron chi connectivity index (χ4n) is 1.66. The highest BCUT2D eigenvalue weighted by Crippen LogP contribution is 1.95. The Kier molecular flexibility index (Phi) is 3.31. The van der Waals surface area contributed by atoms with Crippen LogP contribution in [0.1, 0.15) is 6.42 Å². The van der Waals surface area contributed by atoms with Crippen LogP contribution in [0.4, 0.5) is 0 Å². The van der Waals surface area contributed by atoms with Gasteiger partial charge in [0, 0.05) is 25.5 Å². The molecule has 1 aromatic rings. The highest BCUT2D eigenvalue weighted by atomic mass is 16.5. The van der Waals surface area contributed by atoms with E-state index in [0.29, 0.717) is 12.3 Å². The number of hydrogen-bond acceptors (Lipinski definition) is 3. The molecule has 0 unspecified atom stereocenters. The van der Waals surface area contributed by atoms with E-state index in [1.165, 1.54) is 0 Å². The predicted molar refractivity (Wildman–Crippen MR) is 60.1 cm³/mol. The van der Waals surface area contributed by atoms with Gasteiger partial charge in [-0.15, -0.1) is 0 Å². The minimum absolute atomic E-state index is 0.182. The third kappa shape index (κ3) is 2.12. The lowest BCUT2D eigenvalue weighted by molar-refractivity contribution is -0.113. The average molecular weight is 218 g/mol. The third-order valence-electron chi connectivity index (χ3n) is 2.44. The molecule has 1 aromatic carbocycles. The first-order valence-corrected chi connectivity index (χ1v) is 5.28. The predicted octanol–water partition coefficient (Wildman–Crippen LogP) is -0.419. The normalized spacial score (nSPS) is 13.6. The molecule has 0 saturated carbocycles. The molecule has 16 heavy (non-hydrogen) atoms. The SMILES string of the molecule is COCCCNC1=c2ccccc2=NC1=O. The number of ether oxygens (including phenoxy) is 1. The number of nitrogens with one attached hydrogen (secondary N) is 1. The Morgan fingerprint density at radius 1 is 1.38 bits per heavy atom. The Morgan fingerprint density at radius 3 is 3.00 bits per heavy atom. The van der Waals surface area contributed by atoms with E-state index in [2.05, 4.69) is 10.3 Å². The van der Waals surface area contributed by atoms with Crippen LogP contribution in [-0.4, -0.2) is 26.2 Å². The zero-order chi connectivity index (χ0) is 11.4. The highest BCUT2D eigenvalue weighted by molar-refractivity contribution is 6.14. The Labute approximate surface area is 93.6 Å². The van der Waals surface area contributed by atoms with Gasteiger partial charge in [0.15, 0.2) is 0 Å². The van der Waals surface area contributed by atoms with Crippen LogP contribution in [0.2, 0.25) is 0 Å². The maximum atomic E-state index is 11.6. The van der Waals surface area contributed by atoms with Crippen LogP contribution in [0.3, 0.4) is 0 Å². The summed E-state index contributed by atoms with van der Waals surface area (Å²) in [4.78, 5) is 15.6. The van der Waals surface area contributed by atoms with Crippen molar-refractivity contribution in [3.8, 4) is 0 Å². The topological polar surface area (TPSA) is 50.7 Å². The summed E-state index contributed by atoms with van der Waals surface area (Å²) in [6.07, 6.45) is 0.870. The molecule has 4 heteroatoms.